The molecule has 9 rings (SSSR count). The Morgan fingerprint density at radius 1 is 0.553 bits per heavy atom. The fourth-order valence-electron chi connectivity index (χ4n) is 4.70. The standard InChI is InChI=1S/C9H9BrN4O.C8H8BrN3O2.C8H6BrN3O.C7H5BrN4O.C7H6BrNO2.C6H6BrN3O.CBrN.3CH4.H4N2/c1-2-11-9-14-13-8(15-9)7-4-3-6(10)5-12-7;1-5(13)11-12-8(14)7-3-2-6(9)4-10-7;1-5-11-12-8(13-5)7-3-2-6(9)4-10-7;8-4-1-2-5(10-3-4)6-11-12-7(9)13-6;1-11-7(10)6-3-2-5(8)4-9-6;7-4-1-2-5(9-3-4)6(11)10-8;2-1-3;;;;1-2/h3-5H,2H2,1H3,(H,11,14);2-4H,1H3,(H,11,13)(H,12,14);2-4H,1H3;1-3H,(H2,9,12);2-4H,1H3;1-3H,8H2,(H,10,11);;3*1H4;1-2H2. The molecule has 0 aliphatic heterocycles. The Kier molecular flexibility index (Phi) is 42.1. The fraction of sp³-hybridized carbons (Fsp3) is 0.163. The second kappa shape index (κ2) is 45.0. The zero-order valence-corrected chi connectivity index (χ0v) is 53.7. The first-order valence-corrected chi connectivity index (χ1v) is 27.5. The van der Waals surface area contributed by atoms with E-state index in [1.165, 1.54) is 26.4 Å². The number of carbonyl (C=O) groups excluding carboxylic acids is 4. The second-order valence-electron chi connectivity index (χ2n) is 13.9. The lowest BCUT2D eigenvalue weighted by molar-refractivity contribution is -0.119. The maximum absolute atomic E-state index is 11.3. The van der Waals surface area contributed by atoms with Crippen LogP contribution in [0.15, 0.2) is 150 Å². The first-order valence-electron chi connectivity index (χ1n) is 22.0. The van der Waals surface area contributed by atoms with Crippen LogP contribution < -0.4 is 44.9 Å². The van der Waals surface area contributed by atoms with Gasteiger partial charge in [-0.3, -0.25) is 42.3 Å². The third kappa shape index (κ3) is 31.8. The number of anilines is 2. The maximum Gasteiger partial charge on any atom is 0.356 e. The quantitative estimate of drug-likeness (QED) is 0.0303. The molecule has 9 aromatic heterocycles. The average Bonchev–Trinajstić information content (AvgIpc) is 4.51. The van der Waals surface area contributed by atoms with Crippen LogP contribution in [0.3, 0.4) is 0 Å². The minimum atomic E-state index is -0.451. The molecule has 12 N–H and O–H groups in total. The summed E-state index contributed by atoms with van der Waals surface area (Å²) in [6.45, 7) is 5.75. The molecule has 36 heteroatoms. The van der Waals surface area contributed by atoms with Gasteiger partial charge in [0.25, 0.3) is 29.5 Å². The van der Waals surface area contributed by atoms with Crippen LogP contribution in [0.4, 0.5) is 12.0 Å². The average molecular weight is 1630 g/mol. The summed E-state index contributed by atoms with van der Waals surface area (Å²) < 4.78 is 25.2. The number of nitrogen functional groups attached to an aromatic ring is 2. The first-order chi connectivity index (χ1) is 39.3. The number of hydrazine groups is 3. The van der Waals surface area contributed by atoms with Gasteiger partial charge in [-0.1, -0.05) is 32.5 Å². The number of amides is 3. The highest BCUT2D eigenvalue weighted by atomic mass is 79.9. The number of aromatic nitrogens is 12. The van der Waals surface area contributed by atoms with Crippen molar-refractivity contribution in [2.75, 3.05) is 24.7 Å². The van der Waals surface area contributed by atoms with Gasteiger partial charge in [0.15, 0.2) is 0 Å². The summed E-state index contributed by atoms with van der Waals surface area (Å²) >= 11 is 21.9. The smallest absolute Gasteiger partial charge is 0.356 e. The van der Waals surface area contributed by atoms with Gasteiger partial charge in [-0.15, -0.1) is 20.4 Å². The van der Waals surface area contributed by atoms with E-state index in [2.05, 4.69) is 205 Å². The molecule has 0 bridgehead atoms. The predicted molar refractivity (Wildman–Crippen MR) is 342 cm³/mol. The minimum Gasteiger partial charge on any atom is -0.464 e. The van der Waals surface area contributed by atoms with Crippen molar-refractivity contribution in [3.63, 3.8) is 0 Å². The third-order valence-electron chi connectivity index (χ3n) is 8.08. The van der Waals surface area contributed by atoms with Gasteiger partial charge >= 0.3 is 18.0 Å². The highest BCUT2D eigenvalue weighted by molar-refractivity contribution is 9.12. The van der Waals surface area contributed by atoms with E-state index in [9.17, 15) is 19.2 Å². The highest BCUT2D eigenvalue weighted by Crippen LogP contribution is 2.21. The lowest BCUT2D eigenvalue weighted by Crippen LogP contribution is -2.40. The monoisotopic (exact) mass is 1620 g/mol. The molecule has 0 aliphatic rings. The van der Waals surface area contributed by atoms with Crippen LogP contribution in [0.25, 0.3) is 34.8 Å². The molecule has 3 amide bonds. The number of nitriles is 1. The van der Waals surface area contributed by atoms with Gasteiger partial charge < -0.3 is 29.0 Å². The molecule has 0 saturated carbocycles. The van der Waals surface area contributed by atoms with Crippen molar-refractivity contribution in [2.24, 2.45) is 17.5 Å². The number of methoxy groups -OCH3 is 1. The third-order valence-corrected chi connectivity index (χ3v) is 10.9. The zero-order valence-electron chi connectivity index (χ0n) is 42.6. The molecule has 454 valence electrons. The molecule has 29 nitrogen and oxygen atoms in total. The topological polar surface area (TPSA) is 448 Å². The van der Waals surface area contributed by atoms with Gasteiger partial charge in [-0.25, -0.2) is 40.5 Å². The molecule has 0 aliphatic carbocycles. The Balaban J connectivity index is 0. The molecule has 0 fully saturated rings. The van der Waals surface area contributed by atoms with Gasteiger partial charge in [0.1, 0.15) is 39.1 Å². The number of halogens is 7. The van der Waals surface area contributed by atoms with Gasteiger partial charge in [0.05, 0.1) is 7.11 Å². The van der Waals surface area contributed by atoms with E-state index in [1.54, 1.807) is 79.2 Å². The Morgan fingerprint density at radius 2 is 0.918 bits per heavy atom. The van der Waals surface area contributed by atoms with E-state index in [-0.39, 0.29) is 39.9 Å². The number of hydrogen-bond acceptors (Lipinski definition) is 26. The maximum atomic E-state index is 11.3. The molecule has 0 radical (unpaired) electrons. The lowest BCUT2D eigenvalue weighted by atomic mass is 10.3. The number of pyridine rings is 6. The molecule has 0 aromatic carbocycles. The van der Waals surface area contributed by atoms with Gasteiger partial charge in [-0.05, 0) is 175 Å². The summed E-state index contributed by atoms with van der Waals surface area (Å²) in [5.74, 6) is 13.0. The summed E-state index contributed by atoms with van der Waals surface area (Å²) in [5, 5.41) is 32.7. The van der Waals surface area contributed by atoms with Crippen LogP contribution >= 0.6 is 112 Å². The van der Waals surface area contributed by atoms with E-state index in [4.69, 9.17) is 30.1 Å². The molecular weight excluding hydrogens is 1570 g/mol. The first kappa shape index (κ1) is 79.6. The molecule has 0 atom stereocenters. The van der Waals surface area contributed by atoms with Crippen LogP contribution in [0.1, 0.15) is 73.5 Å². The van der Waals surface area contributed by atoms with Crippen LogP contribution in [-0.2, 0) is 9.53 Å². The van der Waals surface area contributed by atoms with E-state index < -0.39 is 17.8 Å². The summed E-state index contributed by atoms with van der Waals surface area (Å²) in [7, 11) is 1.33. The van der Waals surface area contributed by atoms with Crippen molar-refractivity contribution in [1.29, 1.82) is 5.26 Å². The molecule has 85 heavy (non-hydrogen) atoms. The number of rotatable bonds is 8. The summed E-state index contributed by atoms with van der Waals surface area (Å²) in [5.41, 5.74) is 14.4. The largest absolute Gasteiger partial charge is 0.464 e. The van der Waals surface area contributed by atoms with E-state index >= 15 is 0 Å². The normalized spacial score (nSPS) is 9.05. The number of nitrogens with one attached hydrogen (secondary N) is 4. The number of hydrogen-bond donors (Lipinski definition) is 8. The number of ether oxygens (including phenoxy) is 1. The SMILES string of the molecule is C.C.C.CC(=O)NNC(=O)c1ccc(Br)cn1.CCNc1nnc(-c2ccc(Br)cn2)o1.COC(=O)c1ccc(Br)cn1.Cc1nnc(-c2ccc(Br)cn2)o1.N#CBr.NN.NNC(=O)c1ccc(Br)cn1.Nc1nnc(-c2ccc(Br)cn2)o1. The van der Waals surface area contributed by atoms with Crippen molar-refractivity contribution in [3.05, 3.63) is 160 Å². The molecule has 9 heterocycles. The van der Waals surface area contributed by atoms with Crippen LogP contribution in [0.5, 0.6) is 0 Å². The number of esters is 1. The highest BCUT2D eigenvalue weighted by Gasteiger charge is 2.11. The second-order valence-corrected chi connectivity index (χ2v) is 19.7. The lowest BCUT2D eigenvalue weighted by Gasteiger charge is -2.03. The number of carbonyl (C=O) groups is 4. The Bertz CT molecular complexity index is 3220. The van der Waals surface area contributed by atoms with E-state index in [0.717, 1.165) is 33.4 Å². The Hall–Kier alpha value is -7.47. The van der Waals surface area contributed by atoms with Crippen molar-refractivity contribution in [3.8, 4) is 39.7 Å². The molecule has 0 saturated heterocycles. The van der Waals surface area contributed by atoms with Gasteiger partial charge in [0, 0.05) is 100 Å². The molecular formula is C49H56Br7N21O8. The van der Waals surface area contributed by atoms with Crippen molar-refractivity contribution >= 4 is 147 Å². The Morgan fingerprint density at radius 3 is 1.24 bits per heavy atom. The minimum absolute atomic E-state index is 0. The molecule has 0 spiro atoms. The number of nitrogens with two attached hydrogens (primary N) is 4. The van der Waals surface area contributed by atoms with Crippen LogP contribution in [0, 0.1) is 17.2 Å². The molecule has 0 unspecified atom stereocenters. The fourth-order valence-corrected chi connectivity index (χ4v) is 6.11. The predicted octanol–water partition coefficient (Wildman–Crippen LogP) is 10.3. The van der Waals surface area contributed by atoms with Crippen LogP contribution in [-0.4, -0.2) is 97.8 Å². The van der Waals surface area contributed by atoms with Crippen LogP contribution in [0.2, 0.25) is 0 Å². The van der Waals surface area contributed by atoms with E-state index in [1.807, 2.05) is 42.7 Å². The summed E-state index contributed by atoms with van der Waals surface area (Å²) in [6, 6.07) is 21.3. The summed E-state index contributed by atoms with van der Waals surface area (Å²) in [6.07, 6.45) is 9.61. The number of aryl methyl sites for hydroxylation is 1. The Labute approximate surface area is 546 Å². The van der Waals surface area contributed by atoms with Gasteiger partial charge in [0.2, 0.25) is 11.8 Å². The van der Waals surface area contributed by atoms with Crippen molar-refractivity contribution in [2.45, 2.75) is 43.1 Å². The number of nitrogens with zero attached hydrogens (tertiary/aromatic N) is 13. The summed E-state index contributed by atoms with van der Waals surface area (Å²) in [4.78, 5) is 68.8. The molecule has 9 aromatic rings. The zero-order chi connectivity index (χ0) is 61.0. The van der Waals surface area contributed by atoms with Crippen molar-refractivity contribution < 1.29 is 37.2 Å². The van der Waals surface area contributed by atoms with Crippen molar-refractivity contribution in [1.82, 2.24) is 76.8 Å². The van der Waals surface area contributed by atoms with Gasteiger partial charge in [-0.2, -0.15) is 5.26 Å². The van der Waals surface area contributed by atoms with E-state index in [0.29, 0.717) is 58.0 Å².